The van der Waals surface area contributed by atoms with Gasteiger partial charge in [-0.15, -0.1) is 0 Å². The fourth-order valence-electron chi connectivity index (χ4n) is 2.99. The molecule has 2 atom stereocenters. The van der Waals surface area contributed by atoms with Crippen LogP contribution in [0.15, 0.2) is 42.5 Å². The van der Waals surface area contributed by atoms with Crippen LogP contribution in [0, 0.1) is 0 Å². The minimum Gasteiger partial charge on any atom is -0.508 e. The number of phenols is 1. The first-order chi connectivity index (χ1) is 12.6. The number of carbonyl (C=O) groups is 1. The highest BCUT2D eigenvalue weighted by atomic mass is 32.1. The molecule has 0 saturated carbocycles. The van der Waals surface area contributed by atoms with Crippen molar-refractivity contribution in [3.63, 3.8) is 0 Å². The number of para-hydroxylation sites is 1. The lowest BCUT2D eigenvalue weighted by atomic mass is 10.0. The zero-order valence-corrected chi connectivity index (χ0v) is 14.8. The SMILES string of the molecule is COc1ccc2nc(NC(=O)C3CC(c4ccccc4O)NN3)sc2c1. The molecular weight excluding hydrogens is 352 g/mol. The van der Waals surface area contributed by atoms with Crippen molar-refractivity contribution in [2.75, 3.05) is 12.4 Å². The van der Waals surface area contributed by atoms with Crippen molar-refractivity contribution in [1.82, 2.24) is 15.8 Å². The van der Waals surface area contributed by atoms with E-state index >= 15 is 0 Å². The number of aromatic nitrogens is 1. The monoisotopic (exact) mass is 370 g/mol. The topological polar surface area (TPSA) is 95.5 Å². The van der Waals surface area contributed by atoms with Gasteiger partial charge in [0.15, 0.2) is 5.13 Å². The number of ether oxygens (including phenoxy) is 1. The number of anilines is 1. The fourth-order valence-corrected chi connectivity index (χ4v) is 3.89. The number of carbonyl (C=O) groups excluding carboxylic acids is 1. The van der Waals surface area contributed by atoms with Gasteiger partial charge in [0.2, 0.25) is 5.91 Å². The Labute approximate surface area is 154 Å². The second-order valence-electron chi connectivity index (χ2n) is 6.03. The summed E-state index contributed by atoms with van der Waals surface area (Å²) < 4.78 is 6.16. The van der Waals surface area contributed by atoms with Crippen LogP contribution in [-0.2, 0) is 4.79 Å². The maximum atomic E-state index is 12.5. The second kappa shape index (κ2) is 6.91. The van der Waals surface area contributed by atoms with Crippen molar-refractivity contribution >= 4 is 32.6 Å². The molecule has 1 aliphatic heterocycles. The molecule has 26 heavy (non-hydrogen) atoms. The first-order valence-corrected chi connectivity index (χ1v) is 9.00. The average molecular weight is 370 g/mol. The number of hydrogen-bond acceptors (Lipinski definition) is 7. The van der Waals surface area contributed by atoms with Gasteiger partial charge < -0.3 is 15.2 Å². The predicted octanol–water partition coefficient (Wildman–Crippen LogP) is 2.56. The number of methoxy groups -OCH3 is 1. The predicted molar refractivity (Wildman–Crippen MR) is 100 cm³/mol. The lowest BCUT2D eigenvalue weighted by Gasteiger charge is -2.11. The van der Waals surface area contributed by atoms with Crippen LogP contribution in [0.5, 0.6) is 11.5 Å². The smallest absolute Gasteiger partial charge is 0.244 e. The van der Waals surface area contributed by atoms with Gasteiger partial charge >= 0.3 is 0 Å². The molecule has 134 valence electrons. The number of phenolic OH excluding ortho intramolecular Hbond substituents is 1. The van der Waals surface area contributed by atoms with Gasteiger partial charge in [0, 0.05) is 5.56 Å². The highest BCUT2D eigenvalue weighted by molar-refractivity contribution is 7.22. The van der Waals surface area contributed by atoms with Crippen LogP contribution in [0.25, 0.3) is 10.2 Å². The molecule has 1 aromatic heterocycles. The third-order valence-corrected chi connectivity index (χ3v) is 5.29. The first-order valence-electron chi connectivity index (χ1n) is 8.18. The molecule has 1 aliphatic rings. The quantitative estimate of drug-likeness (QED) is 0.564. The van der Waals surface area contributed by atoms with E-state index in [0.717, 1.165) is 21.5 Å². The number of aromatic hydroxyl groups is 1. The zero-order chi connectivity index (χ0) is 18.1. The molecule has 8 heteroatoms. The van der Waals surface area contributed by atoms with Crippen LogP contribution >= 0.6 is 11.3 Å². The summed E-state index contributed by atoms with van der Waals surface area (Å²) in [5.74, 6) is 0.806. The van der Waals surface area contributed by atoms with Gasteiger partial charge in [-0.3, -0.25) is 4.79 Å². The lowest BCUT2D eigenvalue weighted by molar-refractivity contribution is -0.117. The molecular formula is C18H18N4O3S. The molecule has 0 radical (unpaired) electrons. The van der Waals surface area contributed by atoms with Crippen molar-refractivity contribution in [3.8, 4) is 11.5 Å². The number of benzene rings is 2. The Balaban J connectivity index is 1.45. The summed E-state index contributed by atoms with van der Waals surface area (Å²) in [6.45, 7) is 0. The highest BCUT2D eigenvalue weighted by Gasteiger charge is 2.31. The van der Waals surface area contributed by atoms with Crippen molar-refractivity contribution in [2.24, 2.45) is 0 Å². The highest BCUT2D eigenvalue weighted by Crippen LogP contribution is 2.31. The molecule has 0 aliphatic carbocycles. The Morgan fingerprint density at radius 2 is 2.15 bits per heavy atom. The number of nitrogens with one attached hydrogen (secondary N) is 3. The summed E-state index contributed by atoms with van der Waals surface area (Å²) in [6, 6.07) is 12.2. The molecule has 1 saturated heterocycles. The Bertz CT molecular complexity index is 959. The van der Waals surface area contributed by atoms with Crippen LogP contribution in [0.2, 0.25) is 0 Å². The maximum Gasteiger partial charge on any atom is 0.244 e. The molecule has 3 aromatic rings. The normalized spacial score (nSPS) is 19.6. The Kier molecular flexibility index (Phi) is 4.46. The summed E-state index contributed by atoms with van der Waals surface area (Å²) in [5.41, 5.74) is 7.64. The van der Waals surface area contributed by atoms with E-state index in [1.807, 2.05) is 30.3 Å². The minimum atomic E-state index is -0.416. The maximum absolute atomic E-state index is 12.5. The van der Waals surface area contributed by atoms with Gasteiger partial charge in [-0.2, -0.15) is 0 Å². The standard InChI is InChI=1S/C18H18N4O3S/c1-25-10-6-7-12-16(8-10)26-18(19-12)20-17(24)14-9-13(21-22-14)11-4-2-3-5-15(11)23/h2-8,13-14,21-23H,9H2,1H3,(H,19,20,24). The van der Waals surface area contributed by atoms with Gasteiger partial charge in [0.25, 0.3) is 0 Å². The van der Waals surface area contributed by atoms with Crippen LogP contribution in [-0.4, -0.2) is 29.1 Å². The second-order valence-corrected chi connectivity index (χ2v) is 7.06. The van der Waals surface area contributed by atoms with E-state index in [1.54, 1.807) is 19.2 Å². The Morgan fingerprint density at radius 1 is 1.31 bits per heavy atom. The fraction of sp³-hybridized carbons (Fsp3) is 0.222. The molecule has 4 rings (SSSR count). The zero-order valence-electron chi connectivity index (χ0n) is 14.0. The number of amides is 1. The van der Waals surface area contributed by atoms with Crippen molar-refractivity contribution in [2.45, 2.75) is 18.5 Å². The number of thiazole rings is 1. The summed E-state index contributed by atoms with van der Waals surface area (Å²) in [5, 5.41) is 13.4. The Morgan fingerprint density at radius 3 is 2.96 bits per heavy atom. The minimum absolute atomic E-state index is 0.133. The molecule has 2 aromatic carbocycles. The van der Waals surface area contributed by atoms with E-state index in [2.05, 4.69) is 21.2 Å². The molecule has 4 N–H and O–H groups in total. The molecule has 2 heterocycles. The molecule has 2 unspecified atom stereocenters. The van der Waals surface area contributed by atoms with Gasteiger partial charge in [0.05, 0.1) is 23.4 Å². The first kappa shape index (κ1) is 16.8. The molecule has 7 nitrogen and oxygen atoms in total. The number of fused-ring (bicyclic) bond motifs is 1. The van der Waals surface area contributed by atoms with Crippen LogP contribution in [0.3, 0.4) is 0 Å². The molecule has 1 amide bonds. The number of hydrogen-bond donors (Lipinski definition) is 4. The lowest BCUT2D eigenvalue weighted by Crippen LogP contribution is -2.39. The van der Waals surface area contributed by atoms with E-state index in [4.69, 9.17) is 4.74 Å². The van der Waals surface area contributed by atoms with Gasteiger partial charge in [0.1, 0.15) is 17.5 Å². The summed E-state index contributed by atoms with van der Waals surface area (Å²) in [7, 11) is 1.62. The summed E-state index contributed by atoms with van der Waals surface area (Å²) >= 11 is 1.40. The number of nitrogens with zero attached hydrogens (tertiary/aromatic N) is 1. The van der Waals surface area contributed by atoms with Gasteiger partial charge in [-0.1, -0.05) is 29.5 Å². The van der Waals surface area contributed by atoms with Gasteiger partial charge in [-0.05, 0) is 30.7 Å². The third-order valence-electron chi connectivity index (χ3n) is 4.36. The van der Waals surface area contributed by atoms with Crippen LogP contribution in [0.4, 0.5) is 5.13 Å². The van der Waals surface area contributed by atoms with Crippen LogP contribution < -0.4 is 20.9 Å². The molecule has 1 fully saturated rings. The molecule has 0 bridgehead atoms. The van der Waals surface area contributed by atoms with Crippen molar-refractivity contribution in [1.29, 1.82) is 0 Å². The summed E-state index contributed by atoms with van der Waals surface area (Å²) in [4.78, 5) is 17.0. The number of rotatable bonds is 4. The van der Waals surface area contributed by atoms with E-state index in [0.29, 0.717) is 11.6 Å². The average Bonchev–Trinajstić information content (AvgIpc) is 3.28. The van der Waals surface area contributed by atoms with E-state index < -0.39 is 6.04 Å². The third kappa shape index (κ3) is 3.22. The van der Waals surface area contributed by atoms with E-state index in [9.17, 15) is 9.90 Å². The largest absolute Gasteiger partial charge is 0.508 e. The number of hydrazine groups is 1. The van der Waals surface area contributed by atoms with Gasteiger partial charge in [-0.25, -0.2) is 15.8 Å². The van der Waals surface area contributed by atoms with E-state index in [-0.39, 0.29) is 17.7 Å². The van der Waals surface area contributed by atoms with Crippen molar-refractivity contribution < 1.29 is 14.6 Å². The van der Waals surface area contributed by atoms with E-state index in [1.165, 1.54) is 11.3 Å². The molecule has 0 spiro atoms. The van der Waals surface area contributed by atoms with Crippen molar-refractivity contribution in [3.05, 3.63) is 48.0 Å². The Hall–Kier alpha value is -2.68. The van der Waals surface area contributed by atoms with Crippen LogP contribution in [0.1, 0.15) is 18.0 Å². The summed E-state index contributed by atoms with van der Waals surface area (Å²) in [6.07, 6.45) is 0.530.